The molecule has 0 aliphatic heterocycles. The van der Waals surface area contributed by atoms with Gasteiger partial charge < -0.3 is 4.74 Å². The number of rotatable bonds is 3. The van der Waals surface area contributed by atoms with E-state index in [1.807, 2.05) is 30.3 Å². The number of carbonyl (C=O) groups excluding carboxylic acids is 1. The van der Waals surface area contributed by atoms with Gasteiger partial charge in [0.1, 0.15) is 5.82 Å². The van der Waals surface area contributed by atoms with E-state index in [1.54, 1.807) is 13.1 Å². The maximum atomic E-state index is 11.3. The van der Waals surface area contributed by atoms with E-state index in [1.165, 1.54) is 0 Å². The minimum absolute atomic E-state index is 0.334. The summed E-state index contributed by atoms with van der Waals surface area (Å²) in [4.78, 5) is 11.3. The van der Waals surface area contributed by atoms with Crippen molar-refractivity contribution in [3.63, 3.8) is 0 Å². The van der Waals surface area contributed by atoms with E-state index in [0.29, 0.717) is 12.4 Å². The number of nitrogens with zero attached hydrogens (tertiary/aromatic N) is 1. The molecule has 1 amide bonds. The summed E-state index contributed by atoms with van der Waals surface area (Å²) in [6, 6.07) is 9.68. The van der Waals surface area contributed by atoms with Gasteiger partial charge in [0.05, 0.1) is 12.8 Å². The number of benzene rings is 1. The standard InChI is InChI=1S/C12H13N3O2/c1-2-17-12(16)14-11-10(8-13-15-11)9-6-4-3-5-7-9/h3-8H,2H2,1H3,(H2,13,14,15,16). The lowest BCUT2D eigenvalue weighted by atomic mass is 10.1. The first-order valence-electron chi connectivity index (χ1n) is 5.34. The van der Waals surface area contributed by atoms with Gasteiger partial charge in [-0.2, -0.15) is 5.10 Å². The zero-order valence-corrected chi connectivity index (χ0v) is 9.43. The highest BCUT2D eigenvalue weighted by atomic mass is 16.5. The quantitative estimate of drug-likeness (QED) is 0.853. The van der Waals surface area contributed by atoms with Crippen LogP contribution < -0.4 is 5.32 Å². The van der Waals surface area contributed by atoms with Crippen molar-refractivity contribution < 1.29 is 9.53 Å². The Kier molecular flexibility index (Phi) is 3.40. The van der Waals surface area contributed by atoms with Crippen LogP contribution in [0, 0.1) is 0 Å². The molecule has 0 spiro atoms. The van der Waals surface area contributed by atoms with E-state index < -0.39 is 6.09 Å². The molecule has 0 aliphatic carbocycles. The zero-order chi connectivity index (χ0) is 12.1. The van der Waals surface area contributed by atoms with Crippen LogP contribution in [0.25, 0.3) is 11.1 Å². The summed E-state index contributed by atoms with van der Waals surface area (Å²) in [7, 11) is 0. The van der Waals surface area contributed by atoms with Gasteiger partial charge in [0.25, 0.3) is 0 Å². The van der Waals surface area contributed by atoms with Crippen molar-refractivity contribution >= 4 is 11.9 Å². The van der Waals surface area contributed by atoms with Gasteiger partial charge >= 0.3 is 6.09 Å². The maximum absolute atomic E-state index is 11.3. The van der Waals surface area contributed by atoms with Gasteiger partial charge in [-0.15, -0.1) is 0 Å². The fourth-order valence-corrected chi connectivity index (χ4v) is 1.49. The van der Waals surface area contributed by atoms with Gasteiger partial charge in [-0.05, 0) is 12.5 Å². The minimum Gasteiger partial charge on any atom is -0.450 e. The Morgan fingerprint density at radius 3 is 2.88 bits per heavy atom. The number of aromatic nitrogens is 2. The summed E-state index contributed by atoms with van der Waals surface area (Å²) in [6.45, 7) is 2.09. The summed E-state index contributed by atoms with van der Waals surface area (Å²) in [5.41, 5.74) is 1.81. The molecule has 0 bridgehead atoms. The zero-order valence-electron chi connectivity index (χ0n) is 9.43. The van der Waals surface area contributed by atoms with Crippen LogP contribution in [0.2, 0.25) is 0 Å². The number of hydrogen-bond acceptors (Lipinski definition) is 3. The molecule has 0 fully saturated rings. The molecule has 0 saturated heterocycles. The molecule has 1 heterocycles. The Balaban J connectivity index is 2.20. The first-order valence-corrected chi connectivity index (χ1v) is 5.34. The molecule has 2 rings (SSSR count). The first kappa shape index (κ1) is 11.2. The number of amides is 1. The molecule has 5 nitrogen and oxygen atoms in total. The number of anilines is 1. The molecule has 0 saturated carbocycles. The lowest BCUT2D eigenvalue weighted by Crippen LogP contribution is -2.14. The van der Waals surface area contributed by atoms with Crippen LogP contribution in [0.1, 0.15) is 6.92 Å². The van der Waals surface area contributed by atoms with Gasteiger partial charge in [-0.1, -0.05) is 30.3 Å². The SMILES string of the molecule is CCOC(=O)Nc1[nH]ncc1-c1ccccc1. The van der Waals surface area contributed by atoms with Crippen LogP contribution in [0.15, 0.2) is 36.5 Å². The fourth-order valence-electron chi connectivity index (χ4n) is 1.49. The number of aromatic amines is 1. The smallest absolute Gasteiger partial charge is 0.412 e. The maximum Gasteiger partial charge on any atom is 0.412 e. The van der Waals surface area contributed by atoms with Crippen LogP contribution in [0.4, 0.5) is 10.6 Å². The largest absolute Gasteiger partial charge is 0.450 e. The van der Waals surface area contributed by atoms with Crippen LogP contribution in [-0.4, -0.2) is 22.9 Å². The molecule has 88 valence electrons. The Morgan fingerprint density at radius 1 is 1.41 bits per heavy atom. The second-order valence-corrected chi connectivity index (χ2v) is 3.37. The van der Waals surface area contributed by atoms with Gasteiger partial charge in [0, 0.05) is 5.56 Å². The monoisotopic (exact) mass is 231 g/mol. The van der Waals surface area contributed by atoms with E-state index in [4.69, 9.17) is 4.74 Å². The van der Waals surface area contributed by atoms with Gasteiger partial charge in [0.15, 0.2) is 0 Å². The second-order valence-electron chi connectivity index (χ2n) is 3.37. The third kappa shape index (κ3) is 2.63. The van der Waals surface area contributed by atoms with Crippen LogP contribution in [0.5, 0.6) is 0 Å². The number of ether oxygens (including phenoxy) is 1. The average molecular weight is 231 g/mol. The molecule has 2 aromatic rings. The molecule has 0 unspecified atom stereocenters. The normalized spacial score (nSPS) is 9.94. The van der Waals surface area contributed by atoms with Crippen LogP contribution >= 0.6 is 0 Å². The van der Waals surface area contributed by atoms with E-state index in [-0.39, 0.29) is 0 Å². The summed E-state index contributed by atoms with van der Waals surface area (Å²) in [5.74, 6) is 0.537. The van der Waals surface area contributed by atoms with Crippen molar-refractivity contribution in [2.24, 2.45) is 0 Å². The Hall–Kier alpha value is -2.30. The third-order valence-corrected chi connectivity index (χ3v) is 2.23. The highest BCUT2D eigenvalue weighted by Crippen LogP contribution is 2.25. The Bertz CT molecular complexity index is 493. The average Bonchev–Trinajstić information content (AvgIpc) is 2.78. The van der Waals surface area contributed by atoms with Crippen molar-refractivity contribution in [3.05, 3.63) is 36.5 Å². The summed E-state index contributed by atoms with van der Waals surface area (Å²) in [5, 5.41) is 9.26. The second kappa shape index (κ2) is 5.16. The molecular formula is C12H13N3O2. The van der Waals surface area contributed by atoms with Crippen molar-refractivity contribution in [1.29, 1.82) is 0 Å². The molecule has 1 aromatic heterocycles. The number of carbonyl (C=O) groups is 1. The highest BCUT2D eigenvalue weighted by molar-refractivity contribution is 5.89. The number of nitrogens with one attached hydrogen (secondary N) is 2. The molecular weight excluding hydrogens is 218 g/mol. The molecule has 17 heavy (non-hydrogen) atoms. The van der Waals surface area contributed by atoms with Gasteiger partial charge in [-0.25, -0.2) is 4.79 Å². The Morgan fingerprint density at radius 2 is 2.18 bits per heavy atom. The molecule has 2 N–H and O–H groups in total. The fraction of sp³-hybridized carbons (Fsp3) is 0.167. The predicted octanol–water partition coefficient (Wildman–Crippen LogP) is 2.65. The van der Waals surface area contributed by atoms with Crippen LogP contribution in [0.3, 0.4) is 0 Å². The topological polar surface area (TPSA) is 67.0 Å². The predicted molar refractivity (Wildman–Crippen MR) is 64.7 cm³/mol. The minimum atomic E-state index is -0.492. The highest BCUT2D eigenvalue weighted by Gasteiger charge is 2.10. The summed E-state index contributed by atoms with van der Waals surface area (Å²) >= 11 is 0. The number of hydrogen-bond donors (Lipinski definition) is 2. The van der Waals surface area contributed by atoms with Crippen molar-refractivity contribution in [3.8, 4) is 11.1 Å². The van der Waals surface area contributed by atoms with Crippen molar-refractivity contribution in [1.82, 2.24) is 10.2 Å². The first-order chi connectivity index (χ1) is 8.31. The third-order valence-electron chi connectivity index (χ3n) is 2.23. The van der Waals surface area contributed by atoms with Crippen molar-refractivity contribution in [2.45, 2.75) is 6.92 Å². The molecule has 0 radical (unpaired) electrons. The molecule has 5 heteroatoms. The van der Waals surface area contributed by atoms with Crippen LogP contribution in [-0.2, 0) is 4.74 Å². The summed E-state index contributed by atoms with van der Waals surface area (Å²) < 4.78 is 4.81. The van der Waals surface area contributed by atoms with Gasteiger partial charge in [-0.3, -0.25) is 10.4 Å². The Labute approximate surface area is 98.8 Å². The summed E-state index contributed by atoms with van der Waals surface area (Å²) in [6.07, 6.45) is 1.17. The molecule has 1 aromatic carbocycles. The van der Waals surface area contributed by atoms with E-state index >= 15 is 0 Å². The lowest BCUT2D eigenvalue weighted by molar-refractivity contribution is 0.168. The lowest BCUT2D eigenvalue weighted by Gasteiger charge is -2.05. The number of H-pyrrole nitrogens is 1. The van der Waals surface area contributed by atoms with Crippen molar-refractivity contribution in [2.75, 3.05) is 11.9 Å². The molecule has 0 aliphatic rings. The van der Waals surface area contributed by atoms with E-state index in [9.17, 15) is 4.79 Å². The molecule has 0 atom stereocenters. The van der Waals surface area contributed by atoms with Gasteiger partial charge in [0.2, 0.25) is 0 Å². The van der Waals surface area contributed by atoms with E-state index in [0.717, 1.165) is 11.1 Å². The van der Waals surface area contributed by atoms with E-state index in [2.05, 4.69) is 15.5 Å².